The Kier molecular flexibility index (Phi) is 3.76. The fourth-order valence-corrected chi connectivity index (χ4v) is 3.04. The maximum atomic E-state index is 6.10. The zero-order valence-electron chi connectivity index (χ0n) is 12.5. The van der Waals surface area contributed by atoms with E-state index in [9.17, 15) is 0 Å². The second-order valence-electron chi connectivity index (χ2n) is 5.26. The highest BCUT2D eigenvalue weighted by Crippen LogP contribution is 2.26. The Labute approximate surface area is 128 Å². The van der Waals surface area contributed by atoms with Gasteiger partial charge < -0.3 is 8.98 Å². The summed E-state index contributed by atoms with van der Waals surface area (Å²) >= 11 is 6.10. The number of aromatic nitrogens is 4. The number of alkyl halides is 1. The zero-order chi connectivity index (χ0) is 15.0. The van der Waals surface area contributed by atoms with Crippen LogP contribution in [0.5, 0.6) is 0 Å². The molecule has 0 aliphatic carbocycles. The summed E-state index contributed by atoms with van der Waals surface area (Å²) in [4.78, 5) is 4.69. The molecule has 112 valence electrons. The van der Waals surface area contributed by atoms with Gasteiger partial charge >= 0.3 is 0 Å². The quantitative estimate of drug-likeness (QED) is 0.678. The summed E-state index contributed by atoms with van der Waals surface area (Å²) in [5.41, 5.74) is 3.01. The zero-order valence-corrected chi connectivity index (χ0v) is 13.3. The predicted molar refractivity (Wildman–Crippen MR) is 82.6 cm³/mol. The average molecular weight is 307 g/mol. The molecule has 0 aromatic carbocycles. The van der Waals surface area contributed by atoms with Gasteiger partial charge in [-0.05, 0) is 25.5 Å². The Balaban J connectivity index is 2.09. The Morgan fingerprint density at radius 3 is 2.86 bits per heavy atom. The number of hydrogen-bond donors (Lipinski definition) is 0. The van der Waals surface area contributed by atoms with Crippen molar-refractivity contribution in [2.24, 2.45) is 7.05 Å². The van der Waals surface area contributed by atoms with E-state index in [0.29, 0.717) is 5.88 Å². The minimum absolute atomic E-state index is 0.204. The molecule has 0 amide bonds. The van der Waals surface area contributed by atoms with Crippen LogP contribution >= 0.6 is 11.6 Å². The first-order valence-corrected chi connectivity index (χ1v) is 7.70. The van der Waals surface area contributed by atoms with Crippen LogP contribution in [0.1, 0.15) is 37.2 Å². The lowest BCUT2D eigenvalue weighted by Crippen LogP contribution is -2.13. The first kappa shape index (κ1) is 14.2. The summed E-state index contributed by atoms with van der Waals surface area (Å²) in [7, 11) is 1.96. The molecule has 0 radical (unpaired) electrons. The van der Waals surface area contributed by atoms with Crippen molar-refractivity contribution in [3.63, 3.8) is 0 Å². The highest BCUT2D eigenvalue weighted by Gasteiger charge is 2.22. The molecule has 0 spiro atoms. The molecule has 6 heteroatoms. The number of rotatable bonds is 5. The normalized spacial score (nSPS) is 13.1. The van der Waals surface area contributed by atoms with Crippen LogP contribution in [0.15, 0.2) is 22.8 Å². The van der Waals surface area contributed by atoms with E-state index in [0.717, 1.165) is 41.3 Å². The number of nitrogens with zero attached hydrogens (tertiary/aromatic N) is 4. The first-order valence-electron chi connectivity index (χ1n) is 7.16. The molecule has 0 N–H and O–H groups in total. The van der Waals surface area contributed by atoms with Gasteiger partial charge in [0, 0.05) is 19.5 Å². The molecule has 0 aliphatic rings. The van der Waals surface area contributed by atoms with Gasteiger partial charge in [-0.1, -0.05) is 6.92 Å². The molecule has 0 saturated carbocycles. The van der Waals surface area contributed by atoms with Gasteiger partial charge in [0.15, 0.2) is 5.65 Å². The molecule has 0 fully saturated rings. The minimum Gasteiger partial charge on any atom is -0.469 e. The number of hydrogen-bond acceptors (Lipinski definition) is 3. The van der Waals surface area contributed by atoms with E-state index in [1.807, 2.05) is 23.9 Å². The van der Waals surface area contributed by atoms with Gasteiger partial charge in [0.05, 0.1) is 17.8 Å². The molecule has 5 nitrogen and oxygen atoms in total. The van der Waals surface area contributed by atoms with E-state index in [4.69, 9.17) is 21.0 Å². The molecule has 21 heavy (non-hydrogen) atoms. The number of halogens is 1. The lowest BCUT2D eigenvalue weighted by molar-refractivity contribution is 0.445. The minimum atomic E-state index is 0.204. The van der Waals surface area contributed by atoms with Gasteiger partial charge in [-0.3, -0.25) is 4.68 Å². The van der Waals surface area contributed by atoms with Crippen LogP contribution in [-0.4, -0.2) is 19.3 Å². The number of imidazole rings is 1. The van der Waals surface area contributed by atoms with Crippen LogP contribution in [0.3, 0.4) is 0 Å². The maximum absolute atomic E-state index is 6.10. The third-order valence-electron chi connectivity index (χ3n) is 3.78. The molecule has 3 rings (SSSR count). The summed E-state index contributed by atoms with van der Waals surface area (Å²) in [5, 5.41) is 4.55. The van der Waals surface area contributed by atoms with E-state index in [1.54, 1.807) is 6.26 Å². The van der Waals surface area contributed by atoms with Crippen molar-refractivity contribution in [3.8, 4) is 0 Å². The highest BCUT2D eigenvalue weighted by atomic mass is 35.5. The fourth-order valence-electron chi connectivity index (χ4n) is 2.85. The van der Waals surface area contributed by atoms with Crippen LogP contribution in [0, 0.1) is 0 Å². The molecule has 3 aromatic rings. The molecule has 1 atom stereocenters. The maximum Gasteiger partial charge on any atom is 0.158 e. The van der Waals surface area contributed by atoms with Gasteiger partial charge in [-0.2, -0.15) is 5.10 Å². The van der Waals surface area contributed by atoms with Gasteiger partial charge in [0.1, 0.15) is 17.1 Å². The summed E-state index contributed by atoms with van der Waals surface area (Å²) in [6, 6.07) is 4.11. The Hall–Kier alpha value is -1.75. The largest absolute Gasteiger partial charge is 0.469 e. The monoisotopic (exact) mass is 306 g/mol. The van der Waals surface area contributed by atoms with Crippen molar-refractivity contribution in [3.05, 3.63) is 35.7 Å². The van der Waals surface area contributed by atoms with Crippen molar-refractivity contribution >= 4 is 22.8 Å². The van der Waals surface area contributed by atoms with Crippen LogP contribution < -0.4 is 0 Å². The summed E-state index contributed by atoms with van der Waals surface area (Å²) in [5.74, 6) is 2.23. The van der Waals surface area contributed by atoms with Crippen molar-refractivity contribution in [2.75, 3.05) is 0 Å². The van der Waals surface area contributed by atoms with E-state index in [-0.39, 0.29) is 6.04 Å². The van der Waals surface area contributed by atoms with Crippen LogP contribution in [0.4, 0.5) is 0 Å². The van der Waals surface area contributed by atoms with Crippen LogP contribution in [-0.2, 0) is 25.8 Å². The molecule has 3 heterocycles. The van der Waals surface area contributed by atoms with Gasteiger partial charge in [0.25, 0.3) is 0 Å². The Morgan fingerprint density at radius 2 is 2.24 bits per heavy atom. The fraction of sp³-hybridized carbons (Fsp3) is 0.467. The molecule has 0 aliphatic heterocycles. The summed E-state index contributed by atoms with van der Waals surface area (Å²) < 4.78 is 9.53. The second-order valence-corrected chi connectivity index (χ2v) is 5.53. The van der Waals surface area contributed by atoms with E-state index >= 15 is 0 Å². The van der Waals surface area contributed by atoms with E-state index < -0.39 is 0 Å². The van der Waals surface area contributed by atoms with Gasteiger partial charge in [-0.25, -0.2) is 4.98 Å². The number of furan rings is 1. The topological polar surface area (TPSA) is 48.8 Å². The molecule has 0 bridgehead atoms. The van der Waals surface area contributed by atoms with Crippen LogP contribution in [0.2, 0.25) is 0 Å². The SMILES string of the molecule is CCc1nn(C)c2c1nc(CCl)n2C(C)Cc1ccco1. The Bertz CT molecular complexity index is 741. The molecule has 3 aromatic heterocycles. The van der Waals surface area contributed by atoms with E-state index in [1.165, 1.54) is 0 Å². The molecular formula is C15H19ClN4O. The third-order valence-corrected chi connectivity index (χ3v) is 4.02. The van der Waals surface area contributed by atoms with E-state index in [2.05, 4.69) is 23.5 Å². The van der Waals surface area contributed by atoms with Crippen molar-refractivity contribution in [1.82, 2.24) is 19.3 Å². The smallest absolute Gasteiger partial charge is 0.158 e. The second kappa shape index (κ2) is 5.56. The number of fused-ring (bicyclic) bond motifs is 1. The molecule has 0 saturated heterocycles. The average Bonchev–Trinajstić information content (AvgIpc) is 3.15. The molecule has 1 unspecified atom stereocenters. The lowest BCUT2D eigenvalue weighted by Gasteiger charge is -2.16. The lowest BCUT2D eigenvalue weighted by atomic mass is 10.2. The van der Waals surface area contributed by atoms with Gasteiger partial charge in [-0.15, -0.1) is 11.6 Å². The van der Waals surface area contributed by atoms with Crippen molar-refractivity contribution in [2.45, 2.75) is 38.6 Å². The standard InChI is InChI=1S/C15H19ClN4O/c1-4-12-14-15(19(3)18-12)20(13(9-16)17-14)10(2)8-11-6-5-7-21-11/h5-7,10H,4,8-9H2,1-3H3. The van der Waals surface area contributed by atoms with Crippen LogP contribution in [0.25, 0.3) is 11.2 Å². The van der Waals surface area contributed by atoms with Crippen molar-refractivity contribution in [1.29, 1.82) is 0 Å². The summed E-state index contributed by atoms with van der Waals surface area (Å²) in [6.07, 6.45) is 3.37. The molecular weight excluding hydrogens is 288 g/mol. The third kappa shape index (κ3) is 2.35. The van der Waals surface area contributed by atoms with Crippen molar-refractivity contribution < 1.29 is 4.42 Å². The first-order chi connectivity index (χ1) is 10.2. The Morgan fingerprint density at radius 1 is 1.43 bits per heavy atom. The number of aryl methyl sites for hydroxylation is 2. The summed E-state index contributed by atoms with van der Waals surface area (Å²) in [6.45, 7) is 4.24. The predicted octanol–water partition coefficient (Wildman–Crippen LogP) is 3.47. The highest BCUT2D eigenvalue weighted by molar-refractivity contribution is 6.16. The van der Waals surface area contributed by atoms with Gasteiger partial charge in [0.2, 0.25) is 0 Å².